The molecule has 2 heterocycles. The van der Waals surface area contributed by atoms with Crippen LogP contribution in [-0.2, 0) is 0 Å². The first-order valence-corrected chi connectivity index (χ1v) is 9.10. The van der Waals surface area contributed by atoms with Gasteiger partial charge in [0.05, 0.1) is 0 Å². The highest BCUT2D eigenvalue weighted by Crippen LogP contribution is 2.23. The van der Waals surface area contributed by atoms with E-state index in [1.165, 1.54) is 32.4 Å². The predicted molar refractivity (Wildman–Crippen MR) is 97.2 cm³/mol. The fourth-order valence-electron chi connectivity index (χ4n) is 3.14. The molecule has 2 rings (SSSR count). The number of piperidine rings is 1. The van der Waals surface area contributed by atoms with Crippen LogP contribution >= 0.6 is 0 Å². The van der Waals surface area contributed by atoms with Gasteiger partial charge < -0.3 is 15.4 Å². The lowest BCUT2D eigenvalue weighted by Gasteiger charge is -2.26. The Bertz CT molecular complexity index is 454. The van der Waals surface area contributed by atoms with Crippen LogP contribution in [-0.4, -0.2) is 49.2 Å². The van der Waals surface area contributed by atoms with E-state index in [9.17, 15) is 0 Å². The third-order valence-corrected chi connectivity index (χ3v) is 4.26. The lowest BCUT2D eigenvalue weighted by atomic mass is 10.1. The summed E-state index contributed by atoms with van der Waals surface area (Å²) in [5.74, 6) is 1.18. The summed E-state index contributed by atoms with van der Waals surface area (Å²) in [7, 11) is 0. The predicted octanol–water partition coefficient (Wildman–Crippen LogP) is 3.15. The van der Waals surface area contributed by atoms with Gasteiger partial charge in [-0.05, 0) is 38.8 Å². The van der Waals surface area contributed by atoms with Gasteiger partial charge in [0.15, 0.2) is 0 Å². The second-order valence-corrected chi connectivity index (χ2v) is 6.33. The number of hydrogen-bond acceptors (Lipinski definition) is 5. The molecule has 0 saturated carbocycles. The number of rotatable bonds is 9. The number of anilines is 2. The number of aromatic nitrogens is 1. The number of nitrogen functional groups attached to an aromatic ring is 1. The normalized spacial score (nSPS) is 15.6. The zero-order chi connectivity index (χ0) is 16.5. The quantitative estimate of drug-likeness (QED) is 0.757. The summed E-state index contributed by atoms with van der Waals surface area (Å²) >= 11 is 0. The van der Waals surface area contributed by atoms with Crippen LogP contribution in [0.25, 0.3) is 0 Å². The number of hydrogen-bond donors (Lipinski definition) is 1. The summed E-state index contributed by atoms with van der Waals surface area (Å²) in [6.07, 6.45) is 6.22. The van der Waals surface area contributed by atoms with Gasteiger partial charge in [-0.25, -0.2) is 0 Å². The molecule has 0 aliphatic carbocycles. The summed E-state index contributed by atoms with van der Waals surface area (Å²) in [4.78, 5) is 9.16. The Morgan fingerprint density at radius 1 is 1.13 bits per heavy atom. The van der Waals surface area contributed by atoms with Crippen molar-refractivity contribution in [3.8, 4) is 5.88 Å². The van der Waals surface area contributed by atoms with Gasteiger partial charge in [-0.15, -0.1) is 0 Å². The topological polar surface area (TPSA) is 54.6 Å². The molecule has 1 aromatic rings. The van der Waals surface area contributed by atoms with E-state index in [0.29, 0.717) is 18.3 Å². The van der Waals surface area contributed by atoms with Crippen LogP contribution < -0.4 is 15.4 Å². The minimum absolute atomic E-state index is 0.535. The fourth-order valence-corrected chi connectivity index (χ4v) is 3.14. The minimum atomic E-state index is 0.535. The Hall–Kier alpha value is -1.49. The van der Waals surface area contributed by atoms with Crippen LogP contribution in [0.2, 0.25) is 0 Å². The largest absolute Gasteiger partial charge is 0.476 e. The van der Waals surface area contributed by atoms with E-state index in [-0.39, 0.29) is 0 Å². The maximum Gasteiger partial charge on any atom is 0.217 e. The van der Waals surface area contributed by atoms with Crippen molar-refractivity contribution in [2.24, 2.45) is 0 Å². The molecule has 1 aromatic heterocycles. The molecule has 0 spiro atoms. The Kier molecular flexibility index (Phi) is 7.46. The average Bonchev–Trinajstić information content (AvgIpc) is 2.55. The summed E-state index contributed by atoms with van der Waals surface area (Å²) in [5, 5.41) is 0. The SMILES string of the molecule is CCCN(CCC)c1cc(N)nc(OCCN2CCCCC2)c1. The maximum atomic E-state index is 5.98. The van der Waals surface area contributed by atoms with Crippen LogP contribution in [0, 0.1) is 0 Å². The summed E-state index contributed by atoms with van der Waals surface area (Å²) in [6, 6.07) is 3.97. The monoisotopic (exact) mass is 320 g/mol. The first-order valence-electron chi connectivity index (χ1n) is 9.10. The zero-order valence-electron chi connectivity index (χ0n) is 14.8. The van der Waals surface area contributed by atoms with Crippen molar-refractivity contribution in [1.82, 2.24) is 9.88 Å². The van der Waals surface area contributed by atoms with Gasteiger partial charge in [-0.3, -0.25) is 4.90 Å². The Morgan fingerprint density at radius 2 is 1.83 bits per heavy atom. The maximum absolute atomic E-state index is 5.98. The molecule has 23 heavy (non-hydrogen) atoms. The van der Waals surface area contributed by atoms with Crippen molar-refractivity contribution in [3.63, 3.8) is 0 Å². The van der Waals surface area contributed by atoms with E-state index in [2.05, 4.69) is 28.6 Å². The van der Waals surface area contributed by atoms with Gasteiger partial charge in [-0.1, -0.05) is 20.3 Å². The number of nitrogens with two attached hydrogens (primary N) is 1. The summed E-state index contributed by atoms with van der Waals surface area (Å²) < 4.78 is 5.88. The van der Waals surface area contributed by atoms with Crippen LogP contribution in [0.1, 0.15) is 46.0 Å². The van der Waals surface area contributed by atoms with Gasteiger partial charge in [-0.2, -0.15) is 4.98 Å². The molecular weight excluding hydrogens is 288 g/mol. The van der Waals surface area contributed by atoms with Crippen molar-refractivity contribution in [1.29, 1.82) is 0 Å². The first-order chi connectivity index (χ1) is 11.2. The smallest absolute Gasteiger partial charge is 0.217 e. The van der Waals surface area contributed by atoms with E-state index in [0.717, 1.165) is 38.2 Å². The number of nitrogens with zero attached hydrogens (tertiary/aromatic N) is 3. The highest BCUT2D eigenvalue weighted by Gasteiger charge is 2.11. The second-order valence-electron chi connectivity index (χ2n) is 6.33. The molecule has 0 aromatic carbocycles. The minimum Gasteiger partial charge on any atom is -0.476 e. The standard InChI is InChI=1S/C18H32N4O/c1-3-8-22(9-4-2)16-14-17(19)20-18(15-16)23-13-12-21-10-6-5-7-11-21/h14-15H,3-13H2,1-2H3,(H2,19,20). The molecule has 130 valence electrons. The van der Waals surface area contributed by atoms with Crippen LogP contribution in [0.4, 0.5) is 11.5 Å². The second kappa shape index (κ2) is 9.60. The Morgan fingerprint density at radius 3 is 2.48 bits per heavy atom. The van der Waals surface area contributed by atoms with Gasteiger partial charge in [0.2, 0.25) is 5.88 Å². The van der Waals surface area contributed by atoms with Crippen molar-refractivity contribution in [3.05, 3.63) is 12.1 Å². The molecule has 0 bridgehead atoms. The van der Waals surface area contributed by atoms with Gasteiger partial charge in [0, 0.05) is 37.5 Å². The Labute approximate surface area is 140 Å². The fraction of sp³-hybridized carbons (Fsp3) is 0.722. The lowest BCUT2D eigenvalue weighted by Crippen LogP contribution is -2.33. The van der Waals surface area contributed by atoms with Crippen LogP contribution in [0.5, 0.6) is 5.88 Å². The molecule has 2 N–H and O–H groups in total. The third-order valence-electron chi connectivity index (χ3n) is 4.26. The molecule has 1 saturated heterocycles. The van der Waals surface area contributed by atoms with Crippen molar-refractivity contribution < 1.29 is 4.74 Å². The number of likely N-dealkylation sites (tertiary alicyclic amines) is 1. The van der Waals surface area contributed by atoms with Crippen molar-refractivity contribution in [2.75, 3.05) is 50.0 Å². The average molecular weight is 320 g/mol. The molecule has 1 aliphatic heterocycles. The van der Waals surface area contributed by atoms with E-state index in [1.54, 1.807) is 0 Å². The summed E-state index contributed by atoms with van der Waals surface area (Å²) in [5.41, 5.74) is 7.10. The van der Waals surface area contributed by atoms with E-state index >= 15 is 0 Å². The molecule has 5 heteroatoms. The van der Waals surface area contributed by atoms with Crippen molar-refractivity contribution in [2.45, 2.75) is 46.0 Å². The molecule has 0 atom stereocenters. The summed E-state index contributed by atoms with van der Waals surface area (Å²) in [6.45, 7) is 10.5. The van der Waals surface area contributed by atoms with Gasteiger partial charge in [0.25, 0.3) is 0 Å². The molecule has 5 nitrogen and oxygen atoms in total. The molecule has 1 fully saturated rings. The van der Waals surface area contributed by atoms with E-state index in [4.69, 9.17) is 10.5 Å². The van der Waals surface area contributed by atoms with E-state index in [1.807, 2.05) is 12.1 Å². The van der Waals surface area contributed by atoms with Gasteiger partial charge >= 0.3 is 0 Å². The van der Waals surface area contributed by atoms with Crippen molar-refractivity contribution >= 4 is 11.5 Å². The Balaban J connectivity index is 1.92. The molecule has 1 aliphatic rings. The number of pyridine rings is 1. The van der Waals surface area contributed by atoms with Crippen LogP contribution in [0.15, 0.2) is 12.1 Å². The molecule has 0 unspecified atom stereocenters. The highest BCUT2D eigenvalue weighted by molar-refractivity contribution is 5.55. The highest BCUT2D eigenvalue weighted by atomic mass is 16.5. The molecule has 0 radical (unpaired) electrons. The van der Waals surface area contributed by atoms with Gasteiger partial charge in [0.1, 0.15) is 12.4 Å². The lowest BCUT2D eigenvalue weighted by molar-refractivity contribution is 0.180. The molecule has 0 amide bonds. The zero-order valence-corrected chi connectivity index (χ0v) is 14.8. The first kappa shape index (κ1) is 17.9. The van der Waals surface area contributed by atoms with E-state index < -0.39 is 0 Å². The molecular formula is C18H32N4O. The van der Waals surface area contributed by atoms with Crippen LogP contribution in [0.3, 0.4) is 0 Å². The number of ether oxygens (including phenoxy) is 1. The third kappa shape index (κ3) is 5.90.